The van der Waals surface area contributed by atoms with E-state index in [9.17, 15) is 8.42 Å². The third-order valence-corrected chi connectivity index (χ3v) is 3.96. The van der Waals surface area contributed by atoms with E-state index in [2.05, 4.69) is 18.7 Å². The van der Waals surface area contributed by atoms with Crippen molar-refractivity contribution in [2.45, 2.75) is 27.2 Å². The highest BCUT2D eigenvalue weighted by Gasteiger charge is 2.10. The minimum absolute atomic E-state index is 0.308. The van der Waals surface area contributed by atoms with Gasteiger partial charge in [0.2, 0.25) is 0 Å². The molecule has 0 saturated heterocycles. The Labute approximate surface area is 82.0 Å². The minimum atomic E-state index is -2.79. The molecule has 0 amide bonds. The second-order valence-corrected chi connectivity index (χ2v) is 5.48. The van der Waals surface area contributed by atoms with Crippen molar-refractivity contribution in [2.75, 3.05) is 31.1 Å². The van der Waals surface area contributed by atoms with Crippen LogP contribution in [0.3, 0.4) is 0 Å². The highest BCUT2D eigenvalue weighted by molar-refractivity contribution is 7.91. The number of hydrogen-bond donors (Lipinski definition) is 0. The second kappa shape index (κ2) is 6.38. The molecule has 13 heavy (non-hydrogen) atoms. The first-order chi connectivity index (χ1) is 6.05. The highest BCUT2D eigenvalue weighted by atomic mass is 32.2. The third kappa shape index (κ3) is 6.05. The van der Waals surface area contributed by atoms with Gasteiger partial charge in [0.15, 0.2) is 9.84 Å². The molecule has 0 rings (SSSR count). The third-order valence-electron chi connectivity index (χ3n) is 2.13. The molecule has 0 atom stereocenters. The van der Waals surface area contributed by atoms with Crippen LogP contribution in [0.25, 0.3) is 0 Å². The lowest BCUT2D eigenvalue weighted by Gasteiger charge is -2.17. The predicted molar refractivity (Wildman–Crippen MR) is 56.7 cm³/mol. The van der Waals surface area contributed by atoms with E-state index in [4.69, 9.17) is 0 Å². The molecule has 0 saturated carbocycles. The fourth-order valence-corrected chi connectivity index (χ4v) is 2.58. The van der Waals surface area contributed by atoms with Crippen molar-refractivity contribution in [3.63, 3.8) is 0 Å². The van der Waals surface area contributed by atoms with Gasteiger partial charge in [-0.15, -0.1) is 0 Å². The Balaban J connectivity index is 3.86. The van der Waals surface area contributed by atoms with Crippen molar-refractivity contribution in [1.82, 2.24) is 4.90 Å². The molecule has 0 aliphatic heterocycles. The van der Waals surface area contributed by atoms with Crippen LogP contribution >= 0.6 is 0 Å². The summed E-state index contributed by atoms with van der Waals surface area (Å²) in [7, 11) is -2.79. The molecule has 3 nitrogen and oxygen atoms in total. The van der Waals surface area contributed by atoms with E-state index in [1.807, 2.05) is 6.92 Å². The molecule has 0 aromatic carbocycles. The van der Waals surface area contributed by atoms with E-state index in [-0.39, 0.29) is 0 Å². The summed E-state index contributed by atoms with van der Waals surface area (Å²) in [5.74, 6) is 0.636. The van der Waals surface area contributed by atoms with Gasteiger partial charge in [0.05, 0.1) is 5.75 Å². The van der Waals surface area contributed by atoms with Crippen molar-refractivity contribution in [1.29, 1.82) is 0 Å². The molecule has 0 heterocycles. The molecule has 0 aromatic heterocycles. The van der Waals surface area contributed by atoms with E-state index in [0.717, 1.165) is 19.5 Å². The van der Waals surface area contributed by atoms with Gasteiger partial charge in [-0.2, -0.15) is 0 Å². The van der Waals surface area contributed by atoms with Crippen LogP contribution in [0.5, 0.6) is 0 Å². The minimum Gasteiger partial charge on any atom is -0.303 e. The topological polar surface area (TPSA) is 37.4 Å². The number of hydrogen-bond acceptors (Lipinski definition) is 3. The lowest BCUT2D eigenvalue weighted by molar-refractivity contribution is 0.321. The molecule has 0 aromatic rings. The van der Waals surface area contributed by atoms with Gasteiger partial charge in [-0.25, -0.2) is 8.42 Å². The average molecular weight is 207 g/mol. The molecular weight excluding hydrogens is 186 g/mol. The Morgan fingerprint density at radius 2 is 1.54 bits per heavy atom. The molecule has 4 heteroatoms. The fraction of sp³-hybridized carbons (Fsp3) is 1.00. The van der Waals surface area contributed by atoms with Gasteiger partial charge in [-0.3, -0.25) is 0 Å². The Morgan fingerprint density at radius 3 is 1.92 bits per heavy atom. The smallest absolute Gasteiger partial charge is 0.151 e. The molecule has 0 aliphatic rings. The van der Waals surface area contributed by atoms with Crippen molar-refractivity contribution < 1.29 is 8.42 Å². The van der Waals surface area contributed by atoms with Gasteiger partial charge >= 0.3 is 0 Å². The fourth-order valence-electron chi connectivity index (χ4n) is 1.22. The summed E-state index contributed by atoms with van der Waals surface area (Å²) in [6.45, 7) is 8.53. The standard InChI is InChI=1S/C9H21NO2S/c1-4-8-13(11,12)9-7-10(5-2)6-3/h4-9H2,1-3H3. The largest absolute Gasteiger partial charge is 0.303 e. The summed E-state index contributed by atoms with van der Waals surface area (Å²) in [6.07, 6.45) is 0.723. The van der Waals surface area contributed by atoms with Crippen LogP contribution in [-0.4, -0.2) is 44.5 Å². The molecule has 0 aliphatic carbocycles. The van der Waals surface area contributed by atoms with Gasteiger partial charge in [0.1, 0.15) is 0 Å². The van der Waals surface area contributed by atoms with Crippen molar-refractivity contribution in [3.05, 3.63) is 0 Å². The quantitative estimate of drug-likeness (QED) is 0.628. The predicted octanol–water partition coefficient (Wildman–Crippen LogP) is 1.15. The van der Waals surface area contributed by atoms with Crippen LogP contribution in [0.1, 0.15) is 27.2 Å². The van der Waals surface area contributed by atoms with E-state index in [1.165, 1.54) is 0 Å². The van der Waals surface area contributed by atoms with Crippen LogP contribution in [-0.2, 0) is 9.84 Å². The monoisotopic (exact) mass is 207 g/mol. The summed E-state index contributed by atoms with van der Waals surface area (Å²) >= 11 is 0. The van der Waals surface area contributed by atoms with Crippen molar-refractivity contribution in [3.8, 4) is 0 Å². The molecule has 0 bridgehead atoms. The van der Waals surface area contributed by atoms with E-state index >= 15 is 0 Å². The summed E-state index contributed by atoms with van der Waals surface area (Å²) < 4.78 is 22.7. The first kappa shape index (κ1) is 12.9. The van der Waals surface area contributed by atoms with Gasteiger partial charge in [0.25, 0.3) is 0 Å². The first-order valence-corrected chi connectivity index (χ1v) is 6.80. The Bertz CT molecular complexity index is 208. The lowest BCUT2D eigenvalue weighted by Crippen LogP contribution is -2.29. The zero-order valence-electron chi connectivity index (χ0n) is 8.91. The maximum Gasteiger partial charge on any atom is 0.151 e. The summed E-state index contributed by atoms with van der Waals surface area (Å²) in [5, 5.41) is 0. The summed E-state index contributed by atoms with van der Waals surface area (Å²) in [5.41, 5.74) is 0. The Morgan fingerprint density at radius 1 is 1.00 bits per heavy atom. The van der Waals surface area contributed by atoms with Gasteiger partial charge in [-0.05, 0) is 19.5 Å². The van der Waals surface area contributed by atoms with Crippen LogP contribution < -0.4 is 0 Å². The molecule has 0 fully saturated rings. The van der Waals surface area contributed by atoms with Gasteiger partial charge in [-0.1, -0.05) is 20.8 Å². The maximum absolute atomic E-state index is 11.3. The van der Waals surface area contributed by atoms with Crippen LogP contribution in [0.2, 0.25) is 0 Å². The SMILES string of the molecule is CCCS(=O)(=O)CCN(CC)CC. The molecule has 0 unspecified atom stereocenters. The summed E-state index contributed by atoms with van der Waals surface area (Å²) in [4.78, 5) is 2.13. The Hall–Kier alpha value is -0.0900. The molecule has 0 radical (unpaired) electrons. The lowest BCUT2D eigenvalue weighted by atomic mass is 10.5. The second-order valence-electron chi connectivity index (χ2n) is 3.18. The van der Waals surface area contributed by atoms with E-state index in [0.29, 0.717) is 18.1 Å². The number of sulfone groups is 1. The van der Waals surface area contributed by atoms with Crippen LogP contribution in [0.4, 0.5) is 0 Å². The van der Waals surface area contributed by atoms with Gasteiger partial charge in [0, 0.05) is 12.3 Å². The highest BCUT2D eigenvalue weighted by Crippen LogP contribution is 1.96. The van der Waals surface area contributed by atoms with Gasteiger partial charge < -0.3 is 4.90 Å². The van der Waals surface area contributed by atoms with E-state index < -0.39 is 9.84 Å². The molecule has 80 valence electrons. The van der Waals surface area contributed by atoms with Crippen LogP contribution in [0.15, 0.2) is 0 Å². The van der Waals surface area contributed by atoms with Crippen molar-refractivity contribution in [2.24, 2.45) is 0 Å². The van der Waals surface area contributed by atoms with Crippen LogP contribution in [0, 0.1) is 0 Å². The summed E-state index contributed by atoms with van der Waals surface area (Å²) in [6, 6.07) is 0. The zero-order chi connectivity index (χ0) is 10.3. The molecule has 0 spiro atoms. The molecule has 0 N–H and O–H groups in total. The number of rotatable bonds is 7. The van der Waals surface area contributed by atoms with Crippen molar-refractivity contribution >= 4 is 9.84 Å². The first-order valence-electron chi connectivity index (χ1n) is 4.98. The normalized spacial score (nSPS) is 12.3. The van der Waals surface area contributed by atoms with E-state index in [1.54, 1.807) is 0 Å². The Kier molecular flexibility index (Phi) is 6.33. The zero-order valence-corrected chi connectivity index (χ0v) is 9.73. The maximum atomic E-state index is 11.3. The molecular formula is C9H21NO2S. The number of nitrogens with zero attached hydrogens (tertiary/aromatic N) is 1. The average Bonchev–Trinajstić information content (AvgIpc) is 2.06.